The fourth-order valence-corrected chi connectivity index (χ4v) is 15.8. The lowest BCUT2D eigenvalue weighted by Gasteiger charge is -2.41. The molecule has 386 valence electrons. The van der Waals surface area contributed by atoms with E-state index < -0.39 is 5.41 Å². The molecule has 0 unspecified atom stereocenters. The number of hydrogen-bond donors (Lipinski definition) is 0. The Hall–Kier alpha value is -11.5. The molecule has 16 aromatic rings. The van der Waals surface area contributed by atoms with E-state index in [1.54, 1.807) is 11.8 Å². The SMILES string of the molecule is N#Cc1ccc2c(c1)c1ccccc1n2-c1cnc2c(c1)C1(c3cc(-n4c5ccccc5c5cc(C#N)ccc54)cnc3-2)c2cccc(-n3c4ccccc4c4ccccc43)c2Sc2c(-n3c4ccccc4c4cc(C#N)ccc43)cccc21. The number of hydrogen-bond acceptors (Lipinski definition) is 6. The molecule has 2 aliphatic rings. The predicted octanol–water partition coefficient (Wildman–Crippen LogP) is 17.3. The van der Waals surface area contributed by atoms with E-state index in [0.717, 1.165) is 143 Å². The number of fused-ring (bicyclic) bond motifs is 21. The molecule has 10 aromatic carbocycles. The Morgan fingerprint density at radius 3 is 1.00 bits per heavy atom. The number of aromatic nitrogens is 6. The molecule has 1 aliphatic heterocycles. The van der Waals surface area contributed by atoms with Gasteiger partial charge in [0.05, 0.1) is 131 Å². The molecule has 6 aromatic heterocycles. The van der Waals surface area contributed by atoms with Gasteiger partial charge in [0.25, 0.3) is 0 Å². The summed E-state index contributed by atoms with van der Waals surface area (Å²) in [6, 6.07) is 86.1. The number of para-hydroxylation sites is 5. The fourth-order valence-electron chi connectivity index (χ4n) is 14.4. The molecule has 0 saturated heterocycles. The molecular formula is C74H39N9S. The van der Waals surface area contributed by atoms with Crippen molar-refractivity contribution in [1.82, 2.24) is 28.2 Å². The Bertz CT molecular complexity index is 5560. The summed E-state index contributed by atoms with van der Waals surface area (Å²) < 4.78 is 9.42. The van der Waals surface area contributed by atoms with E-state index in [-0.39, 0.29) is 0 Å². The van der Waals surface area contributed by atoms with E-state index in [0.29, 0.717) is 16.7 Å². The first-order chi connectivity index (χ1) is 41.5. The molecule has 0 atom stereocenters. The van der Waals surface area contributed by atoms with Crippen LogP contribution in [0.1, 0.15) is 38.9 Å². The molecule has 1 spiro atoms. The zero-order valence-corrected chi connectivity index (χ0v) is 45.3. The van der Waals surface area contributed by atoms with Gasteiger partial charge in [0.15, 0.2) is 0 Å². The minimum Gasteiger partial charge on any atom is -0.308 e. The van der Waals surface area contributed by atoms with Gasteiger partial charge in [-0.1, -0.05) is 127 Å². The van der Waals surface area contributed by atoms with Crippen LogP contribution >= 0.6 is 11.8 Å². The van der Waals surface area contributed by atoms with Crippen LogP contribution in [0.5, 0.6) is 0 Å². The van der Waals surface area contributed by atoms with Gasteiger partial charge in [-0.25, -0.2) is 0 Å². The van der Waals surface area contributed by atoms with Crippen molar-refractivity contribution in [3.8, 4) is 52.3 Å². The van der Waals surface area contributed by atoms with Crippen LogP contribution in [0.15, 0.2) is 247 Å². The van der Waals surface area contributed by atoms with Crippen molar-refractivity contribution in [3.05, 3.63) is 276 Å². The maximum atomic E-state index is 10.3. The third kappa shape index (κ3) is 5.99. The van der Waals surface area contributed by atoms with E-state index in [1.807, 2.05) is 48.8 Å². The zero-order valence-electron chi connectivity index (χ0n) is 44.4. The number of rotatable bonds is 4. The quantitative estimate of drug-likeness (QED) is 0.173. The monoisotopic (exact) mass is 1090 g/mol. The van der Waals surface area contributed by atoms with Crippen LogP contribution in [0, 0.1) is 34.0 Å². The van der Waals surface area contributed by atoms with Crippen molar-refractivity contribution in [1.29, 1.82) is 15.8 Å². The molecular weight excluding hydrogens is 1050 g/mol. The smallest absolute Gasteiger partial charge is 0.0991 e. The van der Waals surface area contributed by atoms with Gasteiger partial charge in [-0.15, -0.1) is 0 Å². The third-order valence-corrected chi connectivity index (χ3v) is 19.0. The van der Waals surface area contributed by atoms with Gasteiger partial charge in [-0.3, -0.25) is 9.97 Å². The van der Waals surface area contributed by atoms with Crippen molar-refractivity contribution in [2.75, 3.05) is 0 Å². The summed E-state index contributed by atoms with van der Waals surface area (Å²) in [6.07, 6.45) is 3.97. The molecule has 0 amide bonds. The van der Waals surface area contributed by atoms with Crippen molar-refractivity contribution < 1.29 is 0 Å². The predicted molar refractivity (Wildman–Crippen MR) is 335 cm³/mol. The molecule has 7 heterocycles. The molecule has 10 heteroatoms. The second-order valence-corrected chi connectivity index (χ2v) is 22.8. The van der Waals surface area contributed by atoms with Gasteiger partial charge >= 0.3 is 0 Å². The minimum atomic E-state index is -1.07. The first-order valence-corrected chi connectivity index (χ1v) is 28.6. The first-order valence-electron chi connectivity index (χ1n) is 27.8. The van der Waals surface area contributed by atoms with Gasteiger partial charge in [0, 0.05) is 64.0 Å². The largest absolute Gasteiger partial charge is 0.308 e. The average Bonchev–Trinajstić information content (AvgIpc) is 1.50. The molecule has 0 fully saturated rings. The summed E-state index contributed by atoms with van der Waals surface area (Å²) in [4.78, 5) is 13.4. The van der Waals surface area contributed by atoms with E-state index >= 15 is 0 Å². The van der Waals surface area contributed by atoms with Gasteiger partial charge in [0.1, 0.15) is 0 Å². The van der Waals surface area contributed by atoms with Crippen molar-refractivity contribution in [3.63, 3.8) is 0 Å². The summed E-state index contributed by atoms with van der Waals surface area (Å²) in [5.74, 6) is 0. The Balaban J connectivity index is 1.02. The van der Waals surface area contributed by atoms with E-state index in [9.17, 15) is 15.8 Å². The second kappa shape index (κ2) is 17.0. The number of nitriles is 3. The van der Waals surface area contributed by atoms with Crippen molar-refractivity contribution >= 4 is 99.0 Å². The van der Waals surface area contributed by atoms with Crippen LogP contribution in [0.4, 0.5) is 0 Å². The Kier molecular flexibility index (Phi) is 9.38. The maximum absolute atomic E-state index is 10.3. The van der Waals surface area contributed by atoms with Gasteiger partial charge < -0.3 is 18.3 Å². The molecule has 84 heavy (non-hydrogen) atoms. The summed E-state index contributed by atoms with van der Waals surface area (Å²) in [5, 5.41) is 39.1. The molecule has 0 saturated carbocycles. The normalized spacial score (nSPS) is 13.0. The summed E-state index contributed by atoms with van der Waals surface area (Å²) in [6.45, 7) is 0. The average molecular weight is 1090 g/mol. The van der Waals surface area contributed by atoms with Crippen LogP contribution in [0.2, 0.25) is 0 Å². The highest BCUT2D eigenvalue weighted by Crippen LogP contribution is 2.64. The molecule has 18 rings (SSSR count). The highest BCUT2D eigenvalue weighted by atomic mass is 32.2. The topological polar surface area (TPSA) is 117 Å². The van der Waals surface area contributed by atoms with Crippen LogP contribution in [-0.4, -0.2) is 28.2 Å². The highest BCUT2D eigenvalue weighted by Gasteiger charge is 2.53. The van der Waals surface area contributed by atoms with Crippen molar-refractivity contribution in [2.45, 2.75) is 15.2 Å². The van der Waals surface area contributed by atoms with Crippen LogP contribution in [-0.2, 0) is 5.41 Å². The lowest BCUT2D eigenvalue weighted by molar-refractivity contribution is 0.713. The number of pyridine rings is 2. The van der Waals surface area contributed by atoms with E-state index in [4.69, 9.17) is 9.97 Å². The summed E-state index contributed by atoms with van der Waals surface area (Å²) in [5.41, 5.74) is 18.4. The van der Waals surface area contributed by atoms with Gasteiger partial charge in [-0.2, -0.15) is 15.8 Å². The Morgan fingerprint density at radius 2 is 0.631 bits per heavy atom. The standard InChI is InChI=1S/C74H39N9S/c75-38-43-27-30-65-53(33-43)50-15-3-6-20-60(50)80(65)46-36-58-70(78-41-46)71-59(37-47(42-79-71)81-61-21-7-4-16-51(61)54-34-44(39-76)28-31-66(54)81)74(58)56-18-11-25-68(82-62-22-8-1-13-48(62)49-14-2-9-23-63(49)82)72(56)84-73-57(74)19-12-26-69(73)83-64-24-10-5-17-52(64)55-35-45(40-77)29-32-67(55)83/h1-37,41-42H. The summed E-state index contributed by atoms with van der Waals surface area (Å²) in [7, 11) is 0. The Labute approximate surface area is 483 Å². The molecule has 9 nitrogen and oxygen atoms in total. The van der Waals surface area contributed by atoms with Crippen LogP contribution in [0.3, 0.4) is 0 Å². The number of nitrogens with zero attached hydrogens (tertiary/aromatic N) is 9. The first kappa shape index (κ1) is 46.3. The van der Waals surface area contributed by atoms with Gasteiger partial charge in [-0.05, 0) is 120 Å². The van der Waals surface area contributed by atoms with Crippen LogP contribution in [0.25, 0.3) is 121 Å². The van der Waals surface area contributed by atoms with Crippen LogP contribution < -0.4 is 0 Å². The molecule has 0 bridgehead atoms. The third-order valence-electron chi connectivity index (χ3n) is 17.8. The minimum absolute atomic E-state index is 0.596. The zero-order chi connectivity index (χ0) is 55.5. The van der Waals surface area contributed by atoms with E-state index in [2.05, 4.69) is 225 Å². The van der Waals surface area contributed by atoms with E-state index in [1.165, 1.54) is 10.8 Å². The second-order valence-electron chi connectivity index (χ2n) is 21.8. The Morgan fingerprint density at radius 1 is 0.310 bits per heavy atom. The lowest BCUT2D eigenvalue weighted by atomic mass is 9.67. The molecule has 1 aliphatic carbocycles. The fraction of sp³-hybridized carbons (Fsp3) is 0.0135. The lowest BCUT2D eigenvalue weighted by Crippen LogP contribution is -2.33. The summed E-state index contributed by atoms with van der Waals surface area (Å²) >= 11 is 1.80. The molecule has 0 radical (unpaired) electrons. The van der Waals surface area contributed by atoms with Crippen molar-refractivity contribution in [2.24, 2.45) is 0 Å². The number of benzene rings is 10. The molecule has 0 N–H and O–H groups in total. The van der Waals surface area contributed by atoms with Gasteiger partial charge in [0.2, 0.25) is 0 Å². The highest BCUT2D eigenvalue weighted by molar-refractivity contribution is 7.99. The maximum Gasteiger partial charge on any atom is 0.0991 e.